The fraction of sp³-hybridized carbons (Fsp3) is 0.429. The van der Waals surface area contributed by atoms with Crippen LogP contribution in [-0.4, -0.2) is 56.0 Å². The molecule has 2 aliphatic heterocycles. The smallest absolute Gasteiger partial charge is 0.261 e. The second-order valence-electron chi connectivity index (χ2n) is 14.9. The van der Waals surface area contributed by atoms with Gasteiger partial charge in [-0.2, -0.15) is 0 Å². The van der Waals surface area contributed by atoms with Crippen LogP contribution >= 0.6 is 0 Å². The van der Waals surface area contributed by atoms with Crippen LogP contribution in [0.3, 0.4) is 0 Å². The Morgan fingerprint density at radius 1 is 0.918 bits per heavy atom. The minimum absolute atomic E-state index is 0.0305. The highest BCUT2D eigenvalue weighted by molar-refractivity contribution is 6.99. The summed E-state index contributed by atoms with van der Waals surface area (Å²) in [6, 6.07) is 28.6. The third-order valence-electron chi connectivity index (χ3n) is 10.9. The van der Waals surface area contributed by atoms with Gasteiger partial charge < -0.3 is 14.3 Å². The predicted molar refractivity (Wildman–Crippen MR) is 198 cm³/mol. The van der Waals surface area contributed by atoms with Gasteiger partial charge in [0.1, 0.15) is 5.75 Å². The summed E-state index contributed by atoms with van der Waals surface area (Å²) in [5, 5.41) is 12.0. The molecule has 3 aromatic rings. The van der Waals surface area contributed by atoms with Crippen molar-refractivity contribution >= 4 is 36.6 Å². The number of amides is 2. The quantitative estimate of drug-likeness (QED) is 0.124. The largest absolute Gasteiger partial charge is 0.508 e. The molecule has 6 nitrogen and oxygen atoms in total. The number of carbonyl (C=O) groups excluding carboxylic acids is 2. The van der Waals surface area contributed by atoms with Crippen molar-refractivity contribution in [1.29, 1.82) is 0 Å². The first kappa shape index (κ1) is 35.1. The van der Waals surface area contributed by atoms with E-state index >= 15 is 0 Å². The molecule has 2 fully saturated rings. The average molecular weight is 678 g/mol. The number of fused-ring (bicyclic) bond motifs is 3. The lowest BCUT2D eigenvalue weighted by molar-refractivity contribution is -0.140. The maximum atomic E-state index is 13.8. The van der Waals surface area contributed by atoms with Gasteiger partial charge in [-0.05, 0) is 76.4 Å². The Morgan fingerprint density at radius 2 is 1.55 bits per heavy atom. The maximum absolute atomic E-state index is 13.8. The van der Waals surface area contributed by atoms with Gasteiger partial charge >= 0.3 is 0 Å². The minimum Gasteiger partial charge on any atom is -0.508 e. The van der Waals surface area contributed by atoms with E-state index in [1.165, 1.54) is 26.4 Å². The Bertz CT molecular complexity index is 1650. The van der Waals surface area contributed by atoms with Crippen molar-refractivity contribution in [3.8, 4) is 5.75 Å². The van der Waals surface area contributed by atoms with Crippen molar-refractivity contribution in [3.63, 3.8) is 0 Å². The van der Waals surface area contributed by atoms with E-state index in [1.54, 1.807) is 12.1 Å². The molecule has 0 radical (unpaired) electrons. The van der Waals surface area contributed by atoms with E-state index in [0.717, 1.165) is 36.8 Å². The second-order valence-corrected chi connectivity index (χ2v) is 19.2. The van der Waals surface area contributed by atoms with Crippen LogP contribution in [0.1, 0.15) is 72.3 Å². The Labute approximate surface area is 293 Å². The highest BCUT2D eigenvalue weighted by Gasteiger charge is 2.57. The fourth-order valence-electron chi connectivity index (χ4n) is 8.55. The molecule has 1 N–H and O–H groups in total. The number of ether oxygens (including phenoxy) is 1. The monoisotopic (exact) mass is 677 g/mol. The average Bonchev–Trinajstić information content (AvgIpc) is 3.63. The van der Waals surface area contributed by atoms with Crippen LogP contribution in [0.25, 0.3) is 6.08 Å². The molecule has 6 rings (SSSR count). The number of hydrogen-bond donors (Lipinski definition) is 1. The maximum Gasteiger partial charge on any atom is 0.261 e. The number of allylic oxidation sites excluding steroid dienone is 1. The molecular weight excluding hydrogens is 627 g/mol. The molecule has 49 heavy (non-hydrogen) atoms. The van der Waals surface area contributed by atoms with E-state index in [9.17, 15) is 14.7 Å². The van der Waals surface area contributed by atoms with Gasteiger partial charge in [-0.1, -0.05) is 119 Å². The molecule has 258 valence electrons. The second kappa shape index (κ2) is 14.6. The van der Waals surface area contributed by atoms with E-state index in [0.29, 0.717) is 26.2 Å². The van der Waals surface area contributed by atoms with Gasteiger partial charge in [-0.15, -0.1) is 0 Å². The molecule has 0 bridgehead atoms. The summed E-state index contributed by atoms with van der Waals surface area (Å²) < 4.78 is 14.1. The number of aromatic hydroxyl groups is 1. The van der Waals surface area contributed by atoms with Crippen LogP contribution < -0.4 is 10.4 Å². The lowest BCUT2D eigenvalue weighted by atomic mass is 9.69. The Kier molecular flexibility index (Phi) is 10.4. The summed E-state index contributed by atoms with van der Waals surface area (Å²) in [4.78, 5) is 29.1. The summed E-state index contributed by atoms with van der Waals surface area (Å²) in [6.07, 6.45) is 5.90. The number of imide groups is 1. The molecule has 2 saturated heterocycles. The number of carbonyl (C=O) groups is 2. The molecule has 0 aromatic heterocycles. The molecule has 1 aliphatic carbocycles. The highest BCUT2D eigenvalue weighted by Crippen LogP contribution is 2.50. The zero-order valence-electron chi connectivity index (χ0n) is 29.7. The van der Waals surface area contributed by atoms with Gasteiger partial charge in [-0.25, -0.2) is 0 Å². The van der Waals surface area contributed by atoms with Crippen molar-refractivity contribution < 1.29 is 23.9 Å². The standard InChI is InChI=1S/C42H51NO5Si/c1-6-24-43-40(45)35-26-31(27-48-49(42(3,4)5,33-14-10-8-11-15-33)34-16-12-9-13-17-34)38-36(39(35)41(43)46)28-47-37(38)23-20-29(7-2)25-30-18-21-32(44)22-19-30/h8-19,21-22,25,35-37,39,44H,6-7,20,23-24,26-28H2,1-5H3/b29-25+/t35-,36+,37-,39-/m1/s1. The van der Waals surface area contributed by atoms with E-state index in [-0.39, 0.29) is 46.5 Å². The Morgan fingerprint density at radius 3 is 2.12 bits per heavy atom. The fourth-order valence-corrected chi connectivity index (χ4v) is 13.1. The van der Waals surface area contributed by atoms with Crippen LogP contribution in [-0.2, 0) is 18.8 Å². The van der Waals surface area contributed by atoms with Crippen LogP contribution in [0.15, 0.2) is 102 Å². The van der Waals surface area contributed by atoms with Crippen molar-refractivity contribution in [2.24, 2.45) is 17.8 Å². The van der Waals surface area contributed by atoms with Crippen LogP contribution in [0.2, 0.25) is 5.04 Å². The summed E-state index contributed by atoms with van der Waals surface area (Å²) in [7, 11) is -2.84. The first-order valence-corrected chi connectivity index (χ1v) is 19.9. The third kappa shape index (κ3) is 6.73. The first-order chi connectivity index (χ1) is 23.6. The molecule has 2 heterocycles. The molecule has 0 saturated carbocycles. The van der Waals surface area contributed by atoms with E-state index in [2.05, 4.69) is 94.4 Å². The van der Waals surface area contributed by atoms with E-state index < -0.39 is 8.32 Å². The van der Waals surface area contributed by atoms with E-state index in [4.69, 9.17) is 9.16 Å². The molecule has 4 atom stereocenters. The molecule has 0 unspecified atom stereocenters. The highest BCUT2D eigenvalue weighted by atomic mass is 28.4. The van der Waals surface area contributed by atoms with Gasteiger partial charge in [0.25, 0.3) is 8.32 Å². The Hall–Kier alpha value is -3.78. The van der Waals surface area contributed by atoms with Crippen molar-refractivity contribution in [2.45, 2.75) is 77.9 Å². The van der Waals surface area contributed by atoms with Gasteiger partial charge in [0.2, 0.25) is 11.8 Å². The van der Waals surface area contributed by atoms with Gasteiger partial charge in [0.15, 0.2) is 0 Å². The summed E-state index contributed by atoms with van der Waals surface area (Å²) >= 11 is 0. The Balaban J connectivity index is 1.38. The lowest BCUT2D eigenvalue weighted by Crippen LogP contribution is -2.66. The molecule has 7 heteroatoms. The number of nitrogens with zero attached hydrogens (tertiary/aromatic N) is 1. The number of phenols is 1. The lowest BCUT2D eigenvalue weighted by Gasteiger charge is -2.44. The normalized spacial score (nSPS) is 22.9. The summed E-state index contributed by atoms with van der Waals surface area (Å²) in [5.41, 5.74) is 4.70. The zero-order valence-corrected chi connectivity index (χ0v) is 30.7. The molecule has 3 aromatic carbocycles. The first-order valence-electron chi connectivity index (χ1n) is 18.0. The van der Waals surface area contributed by atoms with Crippen LogP contribution in [0.4, 0.5) is 0 Å². The number of hydrogen-bond acceptors (Lipinski definition) is 5. The van der Waals surface area contributed by atoms with Gasteiger partial charge in [0, 0.05) is 12.5 Å². The van der Waals surface area contributed by atoms with E-state index in [1.807, 2.05) is 19.1 Å². The summed E-state index contributed by atoms with van der Waals surface area (Å²) in [5.74, 6) is -0.661. The number of rotatable bonds is 12. The predicted octanol–water partition coefficient (Wildman–Crippen LogP) is 7.27. The SMILES string of the molecule is CCCN1C(=O)[C@@H]2[C@@H](CC(CO[Si](c3ccccc3)(c3ccccc3)C(C)(C)C)=C3[C@@H](CC/C(=C/c4ccc(O)cc4)CC)OC[C@@H]32)C1=O. The molecule has 2 amide bonds. The van der Waals surface area contributed by atoms with Crippen molar-refractivity contribution in [3.05, 3.63) is 107 Å². The van der Waals surface area contributed by atoms with Crippen LogP contribution in [0.5, 0.6) is 5.75 Å². The topological polar surface area (TPSA) is 76.1 Å². The number of likely N-dealkylation sites (tertiary alicyclic amines) is 1. The zero-order chi connectivity index (χ0) is 34.8. The van der Waals surface area contributed by atoms with Gasteiger partial charge in [-0.3, -0.25) is 14.5 Å². The molecule has 0 spiro atoms. The number of phenolic OH excluding ortho intramolecular Hbond substituents is 1. The minimum atomic E-state index is -2.84. The van der Waals surface area contributed by atoms with Crippen molar-refractivity contribution in [2.75, 3.05) is 19.8 Å². The van der Waals surface area contributed by atoms with Gasteiger partial charge in [0.05, 0.1) is 31.2 Å². The van der Waals surface area contributed by atoms with Crippen LogP contribution in [0, 0.1) is 17.8 Å². The molecular formula is C42H51NO5Si. The number of benzene rings is 3. The summed E-state index contributed by atoms with van der Waals surface area (Å²) in [6.45, 7) is 12.4. The molecule has 3 aliphatic rings. The van der Waals surface area contributed by atoms with Crippen molar-refractivity contribution in [1.82, 2.24) is 4.90 Å². The third-order valence-corrected chi connectivity index (χ3v) is 15.9.